The van der Waals surface area contributed by atoms with Gasteiger partial charge in [-0.2, -0.15) is 0 Å². The monoisotopic (exact) mass is 225 g/mol. The van der Waals surface area contributed by atoms with Crippen molar-refractivity contribution in [3.8, 4) is 5.75 Å². The van der Waals surface area contributed by atoms with Crippen molar-refractivity contribution >= 4 is 0 Å². The van der Waals surface area contributed by atoms with Crippen molar-refractivity contribution in [3.05, 3.63) is 30.1 Å². The maximum Gasteiger partial charge on any atom is 0.127 e. The third-order valence-electron chi connectivity index (χ3n) is 2.82. The van der Waals surface area contributed by atoms with E-state index in [1.54, 1.807) is 12.1 Å². The van der Waals surface area contributed by atoms with Crippen molar-refractivity contribution in [1.82, 2.24) is 4.90 Å². The summed E-state index contributed by atoms with van der Waals surface area (Å²) in [6.07, 6.45) is 0.111. The van der Waals surface area contributed by atoms with Gasteiger partial charge in [-0.25, -0.2) is 4.39 Å². The van der Waals surface area contributed by atoms with Gasteiger partial charge in [-0.05, 0) is 37.7 Å². The van der Waals surface area contributed by atoms with E-state index in [-0.39, 0.29) is 11.9 Å². The molecule has 0 aromatic heterocycles. The number of aliphatic hydroxyl groups excluding tert-OH is 1. The molecular formula is C12H16FNO2. The molecule has 1 aromatic rings. The molecule has 1 fully saturated rings. The topological polar surface area (TPSA) is 32.7 Å². The predicted octanol–water partition coefficient (Wildman–Crippen LogP) is 1.27. The number of nitrogens with zero attached hydrogens (tertiary/aromatic N) is 1. The molecule has 2 unspecified atom stereocenters. The molecule has 1 heterocycles. The fraction of sp³-hybridized carbons (Fsp3) is 0.500. The maximum absolute atomic E-state index is 12.7. The Kier molecular flexibility index (Phi) is 3.41. The summed E-state index contributed by atoms with van der Waals surface area (Å²) in [5.74, 6) is 0.325. The number of hydrogen-bond acceptors (Lipinski definition) is 3. The van der Waals surface area contributed by atoms with Crippen LogP contribution in [0, 0.1) is 5.82 Å². The van der Waals surface area contributed by atoms with Gasteiger partial charge in [0.15, 0.2) is 0 Å². The fourth-order valence-corrected chi connectivity index (χ4v) is 1.89. The van der Waals surface area contributed by atoms with Crippen LogP contribution in [0.15, 0.2) is 24.3 Å². The summed E-state index contributed by atoms with van der Waals surface area (Å²) >= 11 is 0. The molecule has 1 aliphatic rings. The van der Waals surface area contributed by atoms with Crippen LogP contribution < -0.4 is 4.74 Å². The predicted molar refractivity (Wildman–Crippen MR) is 58.9 cm³/mol. The van der Waals surface area contributed by atoms with Crippen LogP contribution in [0.2, 0.25) is 0 Å². The Morgan fingerprint density at radius 1 is 1.38 bits per heavy atom. The van der Waals surface area contributed by atoms with Gasteiger partial charge in [-0.15, -0.1) is 0 Å². The number of ether oxygens (including phenoxy) is 1. The first-order chi connectivity index (χ1) is 7.65. The van der Waals surface area contributed by atoms with Crippen LogP contribution in [0.4, 0.5) is 4.39 Å². The number of likely N-dealkylation sites (N-methyl/N-ethyl adjacent to an activating group) is 1. The lowest BCUT2D eigenvalue weighted by Crippen LogP contribution is -2.47. The van der Waals surface area contributed by atoms with Crippen LogP contribution in [0.5, 0.6) is 5.75 Å². The molecule has 0 bridgehead atoms. The van der Waals surface area contributed by atoms with Crippen molar-refractivity contribution < 1.29 is 14.2 Å². The lowest BCUT2D eigenvalue weighted by Gasteiger charge is -2.33. The molecule has 2 rings (SSSR count). The number of rotatable bonds is 2. The highest BCUT2D eigenvalue weighted by Crippen LogP contribution is 2.19. The standard InChI is InChI=1S/C12H16FNO2/c1-14-7-6-12(11(15)8-14)16-10-4-2-9(13)3-5-10/h2-5,11-12,15H,6-8H2,1H3. The molecule has 0 aliphatic carbocycles. The molecule has 88 valence electrons. The Bertz CT molecular complexity index is 341. The van der Waals surface area contributed by atoms with E-state index < -0.39 is 6.10 Å². The normalized spacial score (nSPS) is 26.7. The van der Waals surface area contributed by atoms with Crippen molar-refractivity contribution in [2.45, 2.75) is 18.6 Å². The SMILES string of the molecule is CN1CCC(Oc2ccc(F)cc2)C(O)C1. The molecule has 1 aromatic carbocycles. The van der Waals surface area contributed by atoms with E-state index in [0.29, 0.717) is 12.3 Å². The third kappa shape index (κ3) is 2.71. The summed E-state index contributed by atoms with van der Waals surface area (Å²) in [5, 5.41) is 9.81. The molecule has 1 N–H and O–H groups in total. The number of hydrogen-bond donors (Lipinski definition) is 1. The third-order valence-corrected chi connectivity index (χ3v) is 2.82. The number of piperidine rings is 1. The van der Waals surface area contributed by atoms with Gasteiger partial charge in [0.1, 0.15) is 23.8 Å². The van der Waals surface area contributed by atoms with Crippen LogP contribution in [-0.2, 0) is 0 Å². The van der Waals surface area contributed by atoms with Crippen LogP contribution in [0.25, 0.3) is 0 Å². The molecule has 3 nitrogen and oxygen atoms in total. The summed E-state index contributed by atoms with van der Waals surface area (Å²) in [6.45, 7) is 1.52. The Morgan fingerprint density at radius 3 is 2.69 bits per heavy atom. The van der Waals surface area contributed by atoms with Crippen LogP contribution >= 0.6 is 0 Å². The Hall–Kier alpha value is -1.13. The first kappa shape index (κ1) is 11.4. The van der Waals surface area contributed by atoms with Gasteiger partial charge in [-0.1, -0.05) is 0 Å². The van der Waals surface area contributed by atoms with Crippen LogP contribution in [0.3, 0.4) is 0 Å². The summed E-state index contributed by atoms with van der Waals surface area (Å²) in [7, 11) is 1.97. The second-order valence-electron chi connectivity index (χ2n) is 4.23. The van der Waals surface area contributed by atoms with Gasteiger partial charge < -0.3 is 14.7 Å². The molecule has 0 radical (unpaired) electrons. The maximum atomic E-state index is 12.7. The van der Waals surface area contributed by atoms with Gasteiger partial charge in [0.25, 0.3) is 0 Å². The van der Waals surface area contributed by atoms with Gasteiger partial charge in [0.2, 0.25) is 0 Å². The number of β-amino-alcohol motifs (C(OH)–C–C–N with tert-alkyl or cyclic N) is 1. The minimum Gasteiger partial charge on any atom is -0.488 e. The highest BCUT2D eigenvalue weighted by Gasteiger charge is 2.27. The zero-order valence-corrected chi connectivity index (χ0v) is 9.27. The lowest BCUT2D eigenvalue weighted by molar-refractivity contribution is -0.0182. The average molecular weight is 225 g/mol. The van der Waals surface area contributed by atoms with Gasteiger partial charge in [-0.3, -0.25) is 0 Å². The molecular weight excluding hydrogens is 209 g/mol. The van der Waals surface area contributed by atoms with E-state index in [2.05, 4.69) is 4.90 Å². The van der Waals surface area contributed by atoms with Crippen molar-refractivity contribution in [3.63, 3.8) is 0 Å². The molecule has 2 atom stereocenters. The number of likely N-dealkylation sites (tertiary alicyclic amines) is 1. The van der Waals surface area contributed by atoms with Gasteiger partial charge in [0.05, 0.1) is 0 Å². The number of halogens is 1. The minimum absolute atomic E-state index is 0.193. The van der Waals surface area contributed by atoms with E-state index in [1.165, 1.54) is 12.1 Å². The van der Waals surface area contributed by atoms with Crippen molar-refractivity contribution in [2.24, 2.45) is 0 Å². The van der Waals surface area contributed by atoms with E-state index in [1.807, 2.05) is 7.05 Å². The molecule has 1 saturated heterocycles. The molecule has 1 aliphatic heterocycles. The molecule has 16 heavy (non-hydrogen) atoms. The van der Waals surface area contributed by atoms with Crippen molar-refractivity contribution in [2.75, 3.05) is 20.1 Å². The molecule has 4 heteroatoms. The van der Waals surface area contributed by atoms with E-state index in [9.17, 15) is 9.50 Å². The Balaban J connectivity index is 1.96. The second-order valence-corrected chi connectivity index (χ2v) is 4.23. The van der Waals surface area contributed by atoms with Gasteiger partial charge >= 0.3 is 0 Å². The summed E-state index contributed by atoms with van der Waals surface area (Å²) in [6, 6.07) is 5.88. The quantitative estimate of drug-likeness (QED) is 0.822. The highest BCUT2D eigenvalue weighted by atomic mass is 19.1. The number of aliphatic hydroxyl groups is 1. The zero-order valence-electron chi connectivity index (χ0n) is 9.27. The Labute approximate surface area is 94.4 Å². The molecule has 0 spiro atoms. The molecule has 0 amide bonds. The van der Waals surface area contributed by atoms with E-state index in [0.717, 1.165) is 13.0 Å². The lowest BCUT2D eigenvalue weighted by atomic mass is 10.1. The summed E-state index contributed by atoms with van der Waals surface area (Å²) in [4.78, 5) is 2.06. The smallest absolute Gasteiger partial charge is 0.127 e. The van der Waals surface area contributed by atoms with Crippen molar-refractivity contribution in [1.29, 1.82) is 0 Å². The first-order valence-corrected chi connectivity index (χ1v) is 5.44. The fourth-order valence-electron chi connectivity index (χ4n) is 1.89. The summed E-state index contributed by atoms with van der Waals surface area (Å²) in [5.41, 5.74) is 0. The van der Waals surface area contributed by atoms with E-state index in [4.69, 9.17) is 4.74 Å². The van der Waals surface area contributed by atoms with Crippen LogP contribution in [-0.4, -0.2) is 42.4 Å². The minimum atomic E-state index is -0.483. The second kappa shape index (κ2) is 4.80. The van der Waals surface area contributed by atoms with Gasteiger partial charge in [0, 0.05) is 13.1 Å². The van der Waals surface area contributed by atoms with E-state index >= 15 is 0 Å². The largest absolute Gasteiger partial charge is 0.488 e. The Morgan fingerprint density at radius 2 is 2.06 bits per heavy atom. The number of benzene rings is 1. The summed E-state index contributed by atoms with van der Waals surface area (Å²) < 4.78 is 18.3. The zero-order chi connectivity index (χ0) is 11.5. The average Bonchev–Trinajstić information content (AvgIpc) is 2.25. The van der Waals surface area contributed by atoms with Crippen LogP contribution in [0.1, 0.15) is 6.42 Å². The first-order valence-electron chi connectivity index (χ1n) is 5.44. The molecule has 0 saturated carbocycles. The highest BCUT2D eigenvalue weighted by molar-refractivity contribution is 5.22.